The summed E-state index contributed by atoms with van der Waals surface area (Å²) in [6.07, 6.45) is -0.285. The third kappa shape index (κ3) is 3.39. The van der Waals surface area contributed by atoms with Crippen molar-refractivity contribution < 1.29 is 28.2 Å². The van der Waals surface area contributed by atoms with Gasteiger partial charge in [-0.1, -0.05) is 0 Å². The molecule has 1 heterocycles. The van der Waals surface area contributed by atoms with E-state index in [0.717, 1.165) is 12.1 Å². The first-order chi connectivity index (χ1) is 9.08. The Hall–Kier alpha value is -1.73. The van der Waals surface area contributed by atoms with Gasteiger partial charge < -0.3 is 19.9 Å². The van der Waals surface area contributed by atoms with E-state index in [1.54, 1.807) is 0 Å². The Kier molecular flexibility index (Phi) is 4.28. The molecule has 0 amide bonds. The number of hydrogen-bond donors (Lipinski definition) is 2. The van der Waals surface area contributed by atoms with E-state index in [1.807, 2.05) is 0 Å². The third-order valence-corrected chi connectivity index (χ3v) is 2.68. The van der Waals surface area contributed by atoms with Gasteiger partial charge >= 0.3 is 5.97 Å². The summed E-state index contributed by atoms with van der Waals surface area (Å²) in [4.78, 5) is 10.6. The molecule has 1 aromatic rings. The molecule has 1 aliphatic rings. The smallest absolute Gasteiger partial charge is 0.335 e. The van der Waals surface area contributed by atoms with Crippen LogP contribution in [-0.2, 0) is 9.47 Å². The molecule has 0 spiro atoms. The highest BCUT2D eigenvalue weighted by atomic mass is 19.1. The zero-order valence-corrected chi connectivity index (χ0v) is 9.99. The molecule has 7 heteroatoms. The number of ether oxygens (including phenoxy) is 2. The minimum atomic E-state index is -1.38. The number of aromatic carboxylic acids is 1. The van der Waals surface area contributed by atoms with Crippen LogP contribution in [0.5, 0.6) is 0 Å². The van der Waals surface area contributed by atoms with Gasteiger partial charge in [0.05, 0.1) is 31.5 Å². The Balaban J connectivity index is 2.05. The molecular formula is C12H13F2NO4. The second kappa shape index (κ2) is 5.94. The fourth-order valence-corrected chi connectivity index (χ4v) is 1.74. The van der Waals surface area contributed by atoms with Crippen molar-refractivity contribution in [2.24, 2.45) is 0 Å². The SMILES string of the molecule is O=C(O)c1cc(F)c(NCC2COCCO2)c(F)c1. The Morgan fingerprint density at radius 1 is 1.37 bits per heavy atom. The molecule has 5 nitrogen and oxygen atoms in total. The Morgan fingerprint density at radius 3 is 2.58 bits per heavy atom. The second-order valence-corrected chi connectivity index (χ2v) is 4.07. The quantitative estimate of drug-likeness (QED) is 0.870. The Bertz CT molecular complexity index is 452. The lowest BCUT2D eigenvalue weighted by Gasteiger charge is -2.23. The highest BCUT2D eigenvalue weighted by Gasteiger charge is 2.18. The van der Waals surface area contributed by atoms with E-state index in [-0.39, 0.29) is 18.3 Å². The number of nitrogens with one attached hydrogen (secondary N) is 1. The lowest BCUT2D eigenvalue weighted by molar-refractivity contribution is -0.0819. The standard InChI is InChI=1S/C12H13F2NO4/c13-9-3-7(12(16)17)4-10(14)11(9)15-5-8-6-18-1-2-19-8/h3-4,8,15H,1-2,5-6H2,(H,16,17). The zero-order valence-electron chi connectivity index (χ0n) is 9.99. The number of carbonyl (C=O) groups is 1. The lowest BCUT2D eigenvalue weighted by Crippen LogP contribution is -2.34. The van der Waals surface area contributed by atoms with Gasteiger partial charge in [-0.05, 0) is 12.1 Å². The molecule has 0 saturated carbocycles. The van der Waals surface area contributed by atoms with E-state index >= 15 is 0 Å². The largest absolute Gasteiger partial charge is 0.478 e. The van der Waals surface area contributed by atoms with Crippen LogP contribution in [0.1, 0.15) is 10.4 Å². The van der Waals surface area contributed by atoms with Gasteiger partial charge in [0.25, 0.3) is 0 Å². The first-order valence-electron chi connectivity index (χ1n) is 5.73. The van der Waals surface area contributed by atoms with Crippen LogP contribution in [0.15, 0.2) is 12.1 Å². The van der Waals surface area contributed by atoms with Crippen molar-refractivity contribution in [2.75, 3.05) is 31.7 Å². The van der Waals surface area contributed by atoms with Crippen LogP contribution in [0.25, 0.3) is 0 Å². The number of carboxylic acids is 1. The van der Waals surface area contributed by atoms with Crippen molar-refractivity contribution in [1.29, 1.82) is 0 Å². The van der Waals surface area contributed by atoms with E-state index < -0.39 is 23.2 Å². The summed E-state index contributed by atoms with van der Waals surface area (Å²) in [5.41, 5.74) is -0.794. The van der Waals surface area contributed by atoms with Crippen molar-refractivity contribution in [3.05, 3.63) is 29.3 Å². The number of carboxylic acid groups (broad SMARTS) is 1. The van der Waals surface area contributed by atoms with Gasteiger partial charge in [-0.25, -0.2) is 13.6 Å². The van der Waals surface area contributed by atoms with Crippen LogP contribution in [0.4, 0.5) is 14.5 Å². The maximum Gasteiger partial charge on any atom is 0.335 e. The number of anilines is 1. The predicted molar refractivity (Wildman–Crippen MR) is 62.4 cm³/mol. The molecule has 104 valence electrons. The van der Waals surface area contributed by atoms with Crippen molar-refractivity contribution in [3.8, 4) is 0 Å². The zero-order chi connectivity index (χ0) is 13.8. The fourth-order valence-electron chi connectivity index (χ4n) is 1.74. The summed E-state index contributed by atoms with van der Waals surface area (Å²) in [6.45, 7) is 1.48. The minimum Gasteiger partial charge on any atom is -0.478 e. The summed E-state index contributed by atoms with van der Waals surface area (Å²) in [5, 5.41) is 11.2. The van der Waals surface area contributed by atoms with Gasteiger partial charge in [0.15, 0.2) is 0 Å². The van der Waals surface area contributed by atoms with Gasteiger partial charge in [0.1, 0.15) is 17.3 Å². The monoisotopic (exact) mass is 273 g/mol. The summed E-state index contributed by atoms with van der Waals surface area (Å²) in [7, 11) is 0. The maximum absolute atomic E-state index is 13.6. The second-order valence-electron chi connectivity index (χ2n) is 4.07. The van der Waals surface area contributed by atoms with Gasteiger partial charge in [-0.15, -0.1) is 0 Å². The van der Waals surface area contributed by atoms with Gasteiger partial charge in [0, 0.05) is 6.54 Å². The average molecular weight is 273 g/mol. The molecule has 0 aliphatic carbocycles. The maximum atomic E-state index is 13.6. The average Bonchev–Trinajstić information content (AvgIpc) is 2.38. The highest BCUT2D eigenvalue weighted by molar-refractivity contribution is 5.88. The van der Waals surface area contributed by atoms with Gasteiger partial charge in [0.2, 0.25) is 0 Å². The number of benzene rings is 1. The summed E-state index contributed by atoms with van der Waals surface area (Å²) in [6, 6.07) is 1.54. The molecule has 0 radical (unpaired) electrons. The van der Waals surface area contributed by atoms with E-state index in [1.165, 1.54) is 0 Å². The van der Waals surface area contributed by atoms with E-state index in [4.69, 9.17) is 14.6 Å². The molecule has 1 aliphatic heterocycles. The number of rotatable bonds is 4. The van der Waals surface area contributed by atoms with Crippen LogP contribution in [0, 0.1) is 11.6 Å². The highest BCUT2D eigenvalue weighted by Crippen LogP contribution is 2.21. The van der Waals surface area contributed by atoms with E-state index in [0.29, 0.717) is 19.8 Å². The van der Waals surface area contributed by atoms with E-state index in [2.05, 4.69) is 5.32 Å². The van der Waals surface area contributed by atoms with Gasteiger partial charge in [-0.2, -0.15) is 0 Å². The molecule has 2 N–H and O–H groups in total. The third-order valence-electron chi connectivity index (χ3n) is 2.68. The minimum absolute atomic E-state index is 0.181. The van der Waals surface area contributed by atoms with Crippen molar-refractivity contribution in [3.63, 3.8) is 0 Å². The molecule has 1 unspecified atom stereocenters. The van der Waals surface area contributed by atoms with Crippen molar-refractivity contribution in [1.82, 2.24) is 0 Å². The predicted octanol–water partition coefficient (Wildman–Crippen LogP) is 1.49. The molecule has 2 rings (SSSR count). The first kappa shape index (κ1) is 13.7. The molecule has 1 aromatic carbocycles. The van der Waals surface area contributed by atoms with Crippen molar-refractivity contribution >= 4 is 11.7 Å². The molecule has 0 aromatic heterocycles. The van der Waals surface area contributed by atoms with Crippen LogP contribution in [0.3, 0.4) is 0 Å². The Labute approximate surface area is 108 Å². The molecule has 1 atom stereocenters. The van der Waals surface area contributed by atoms with Crippen LogP contribution in [-0.4, -0.2) is 43.5 Å². The molecular weight excluding hydrogens is 260 g/mol. The summed E-state index contributed by atoms with van der Waals surface area (Å²) < 4.78 is 37.6. The number of hydrogen-bond acceptors (Lipinski definition) is 4. The first-order valence-corrected chi connectivity index (χ1v) is 5.73. The summed E-state index contributed by atoms with van der Waals surface area (Å²) in [5.74, 6) is -3.28. The molecule has 1 saturated heterocycles. The Morgan fingerprint density at radius 2 is 2.05 bits per heavy atom. The summed E-state index contributed by atoms with van der Waals surface area (Å²) >= 11 is 0. The molecule has 1 fully saturated rings. The van der Waals surface area contributed by atoms with E-state index in [9.17, 15) is 13.6 Å². The normalized spacial score (nSPS) is 19.2. The number of halogens is 2. The van der Waals surface area contributed by atoms with Crippen LogP contribution >= 0.6 is 0 Å². The lowest BCUT2D eigenvalue weighted by atomic mass is 10.2. The molecule has 19 heavy (non-hydrogen) atoms. The van der Waals surface area contributed by atoms with Crippen LogP contribution in [0.2, 0.25) is 0 Å². The van der Waals surface area contributed by atoms with Crippen LogP contribution < -0.4 is 5.32 Å². The van der Waals surface area contributed by atoms with Gasteiger partial charge in [-0.3, -0.25) is 0 Å². The topological polar surface area (TPSA) is 67.8 Å². The molecule has 0 bridgehead atoms. The van der Waals surface area contributed by atoms with Crippen molar-refractivity contribution in [2.45, 2.75) is 6.10 Å². The fraction of sp³-hybridized carbons (Fsp3) is 0.417.